The van der Waals surface area contributed by atoms with Crippen LogP contribution in [0, 0.1) is 5.82 Å². The van der Waals surface area contributed by atoms with Gasteiger partial charge in [0.1, 0.15) is 24.0 Å². The van der Waals surface area contributed by atoms with Crippen molar-refractivity contribution >= 4 is 18.1 Å². The number of aromatic amines is 1. The predicted octanol–water partition coefficient (Wildman–Crippen LogP) is 6.66. The molecule has 0 unspecified atom stereocenters. The topological polar surface area (TPSA) is 95.4 Å². The molecule has 2 aromatic heterocycles. The summed E-state index contributed by atoms with van der Waals surface area (Å²) >= 11 is 0. The zero-order valence-corrected chi connectivity index (χ0v) is 23.0. The van der Waals surface area contributed by atoms with E-state index in [1.54, 1.807) is 24.5 Å². The minimum absolute atomic E-state index is 0. The molecule has 6 rings (SSSR count). The number of pyridine rings is 1. The second-order valence-electron chi connectivity index (χ2n) is 9.64. The fourth-order valence-electron chi connectivity index (χ4n) is 4.98. The Hall–Kier alpha value is -4.53. The molecule has 2 heterocycles. The van der Waals surface area contributed by atoms with Crippen molar-refractivity contribution in [3.05, 3.63) is 114 Å². The fraction of sp³-hybridized carbons (Fsp3) is 0.156. The van der Waals surface area contributed by atoms with Crippen LogP contribution in [0.5, 0.6) is 5.75 Å². The van der Waals surface area contributed by atoms with Crippen molar-refractivity contribution in [2.45, 2.75) is 19.4 Å². The van der Waals surface area contributed by atoms with Gasteiger partial charge in [0.15, 0.2) is 0 Å². The zero-order chi connectivity index (χ0) is 27.3. The number of ether oxygens (including phenoxy) is 1. The van der Waals surface area contributed by atoms with Gasteiger partial charge in [0.05, 0.1) is 17.1 Å². The minimum Gasteiger partial charge on any atom is -0.492 e. The number of aryl methyl sites for hydroxylation is 1. The van der Waals surface area contributed by atoms with Crippen molar-refractivity contribution in [3.63, 3.8) is 0 Å². The van der Waals surface area contributed by atoms with Crippen LogP contribution in [0.1, 0.15) is 23.1 Å². The Morgan fingerprint density at radius 3 is 2.56 bits per heavy atom. The molecular formula is C32H29ClFN5O2. The SMILES string of the molecule is Cl.O/N=C1/CCc2cc(-c3nc(-c4cccc(OCCNCc5ccc(F)cc5)c4)[nH]c3-c3ccncc3)ccc21. The number of halogens is 2. The number of rotatable bonds is 9. The van der Waals surface area contributed by atoms with E-state index in [0.717, 1.165) is 74.9 Å². The number of benzene rings is 3. The first-order valence-corrected chi connectivity index (χ1v) is 13.2. The molecule has 0 atom stereocenters. The molecular weight excluding hydrogens is 541 g/mol. The van der Waals surface area contributed by atoms with E-state index in [9.17, 15) is 9.60 Å². The normalized spacial score (nSPS) is 13.1. The van der Waals surface area contributed by atoms with Gasteiger partial charge < -0.3 is 20.2 Å². The van der Waals surface area contributed by atoms with Crippen LogP contribution in [0.15, 0.2) is 96.4 Å². The minimum atomic E-state index is -0.234. The highest BCUT2D eigenvalue weighted by atomic mass is 35.5. The fourth-order valence-corrected chi connectivity index (χ4v) is 4.98. The Balaban J connectivity index is 0.00000337. The Labute approximate surface area is 243 Å². The van der Waals surface area contributed by atoms with E-state index in [1.807, 2.05) is 48.5 Å². The number of nitrogens with zero attached hydrogens (tertiary/aromatic N) is 3. The van der Waals surface area contributed by atoms with Crippen molar-refractivity contribution in [1.82, 2.24) is 20.3 Å². The third-order valence-corrected chi connectivity index (χ3v) is 7.01. The standard InChI is InChI=1S/C32H28FN5O2.ClH/c33-26-8-4-21(5-9-26)20-35-16-17-40-27-3-1-2-25(19-27)32-36-30(22-12-14-34-15-13-22)31(37-32)24-6-10-28-23(18-24)7-11-29(28)38-39;/h1-6,8-10,12-15,18-19,35,39H,7,11,16-17,20H2,(H,36,37);1H/b38-29-;. The van der Waals surface area contributed by atoms with E-state index >= 15 is 0 Å². The van der Waals surface area contributed by atoms with Gasteiger partial charge in [-0.2, -0.15) is 0 Å². The highest BCUT2D eigenvalue weighted by Gasteiger charge is 2.21. The second-order valence-corrected chi connectivity index (χ2v) is 9.64. The molecule has 1 aliphatic carbocycles. The molecule has 5 aromatic rings. The first kappa shape index (κ1) is 28.0. The van der Waals surface area contributed by atoms with Crippen LogP contribution in [0.3, 0.4) is 0 Å². The van der Waals surface area contributed by atoms with Gasteiger partial charge in [-0.05, 0) is 66.4 Å². The Bertz CT molecular complexity index is 1660. The van der Waals surface area contributed by atoms with E-state index in [-0.39, 0.29) is 18.2 Å². The van der Waals surface area contributed by atoms with E-state index in [4.69, 9.17) is 9.72 Å². The van der Waals surface area contributed by atoms with Crippen molar-refractivity contribution < 1.29 is 14.3 Å². The molecule has 0 amide bonds. The number of oxime groups is 1. The summed E-state index contributed by atoms with van der Waals surface area (Å²) in [5.41, 5.74) is 8.52. The summed E-state index contributed by atoms with van der Waals surface area (Å²) in [6.45, 7) is 1.79. The monoisotopic (exact) mass is 569 g/mol. The van der Waals surface area contributed by atoms with Crippen LogP contribution in [0.2, 0.25) is 0 Å². The number of nitrogens with one attached hydrogen (secondary N) is 2. The molecule has 3 N–H and O–H groups in total. The van der Waals surface area contributed by atoms with Crippen LogP contribution in [-0.2, 0) is 13.0 Å². The average molecular weight is 570 g/mol. The largest absolute Gasteiger partial charge is 0.492 e. The lowest BCUT2D eigenvalue weighted by molar-refractivity contribution is 0.314. The molecule has 0 radical (unpaired) electrons. The zero-order valence-electron chi connectivity index (χ0n) is 22.2. The van der Waals surface area contributed by atoms with Gasteiger partial charge in [-0.1, -0.05) is 41.6 Å². The molecule has 1 aliphatic rings. The molecule has 0 aliphatic heterocycles. The predicted molar refractivity (Wildman–Crippen MR) is 160 cm³/mol. The first-order chi connectivity index (χ1) is 19.7. The van der Waals surface area contributed by atoms with Gasteiger partial charge in [-0.3, -0.25) is 4.98 Å². The summed E-state index contributed by atoms with van der Waals surface area (Å²) in [5, 5.41) is 16.1. The number of H-pyrrole nitrogens is 1. The first-order valence-electron chi connectivity index (χ1n) is 13.2. The molecule has 0 spiro atoms. The third kappa shape index (κ3) is 6.29. The van der Waals surface area contributed by atoms with Crippen molar-refractivity contribution in [3.8, 4) is 39.7 Å². The van der Waals surface area contributed by atoms with E-state index in [1.165, 1.54) is 12.1 Å². The third-order valence-electron chi connectivity index (χ3n) is 7.01. The number of imidazole rings is 1. The van der Waals surface area contributed by atoms with Gasteiger partial charge in [-0.25, -0.2) is 9.37 Å². The Kier molecular flexibility index (Phi) is 8.72. The van der Waals surface area contributed by atoms with E-state index in [0.29, 0.717) is 19.7 Å². The van der Waals surface area contributed by atoms with Crippen LogP contribution < -0.4 is 10.1 Å². The molecule has 7 nitrogen and oxygen atoms in total. The second kappa shape index (κ2) is 12.8. The quantitative estimate of drug-likeness (QED) is 0.105. The van der Waals surface area contributed by atoms with Crippen LogP contribution >= 0.6 is 12.4 Å². The molecule has 41 heavy (non-hydrogen) atoms. The van der Waals surface area contributed by atoms with Gasteiger partial charge in [0.25, 0.3) is 0 Å². The summed E-state index contributed by atoms with van der Waals surface area (Å²) in [6.07, 6.45) is 5.10. The van der Waals surface area contributed by atoms with Crippen molar-refractivity contribution in [1.29, 1.82) is 0 Å². The summed E-state index contributed by atoms with van der Waals surface area (Å²) in [4.78, 5) is 12.7. The smallest absolute Gasteiger partial charge is 0.138 e. The lowest BCUT2D eigenvalue weighted by Crippen LogP contribution is -2.20. The molecule has 0 bridgehead atoms. The van der Waals surface area contributed by atoms with Crippen molar-refractivity contribution in [2.24, 2.45) is 5.16 Å². The van der Waals surface area contributed by atoms with Crippen molar-refractivity contribution in [2.75, 3.05) is 13.2 Å². The van der Waals surface area contributed by atoms with E-state index in [2.05, 4.69) is 26.5 Å². The highest BCUT2D eigenvalue weighted by Crippen LogP contribution is 2.36. The van der Waals surface area contributed by atoms with Crippen LogP contribution in [0.25, 0.3) is 33.9 Å². The Morgan fingerprint density at radius 1 is 0.927 bits per heavy atom. The number of aromatic nitrogens is 3. The molecule has 9 heteroatoms. The number of hydrogen-bond donors (Lipinski definition) is 3. The molecule has 0 saturated carbocycles. The number of fused-ring (bicyclic) bond motifs is 1. The molecule has 0 fully saturated rings. The Morgan fingerprint density at radius 2 is 1.76 bits per heavy atom. The van der Waals surface area contributed by atoms with E-state index < -0.39 is 0 Å². The van der Waals surface area contributed by atoms with Gasteiger partial charge in [0.2, 0.25) is 0 Å². The summed E-state index contributed by atoms with van der Waals surface area (Å²) < 4.78 is 19.1. The van der Waals surface area contributed by atoms with Gasteiger partial charge in [-0.15, -0.1) is 12.4 Å². The summed E-state index contributed by atoms with van der Waals surface area (Å²) in [5.74, 6) is 1.25. The maximum atomic E-state index is 13.1. The maximum absolute atomic E-state index is 13.1. The van der Waals surface area contributed by atoms with Crippen LogP contribution in [0.4, 0.5) is 4.39 Å². The molecule has 208 valence electrons. The lowest BCUT2D eigenvalue weighted by Gasteiger charge is -2.09. The van der Waals surface area contributed by atoms with Gasteiger partial charge >= 0.3 is 0 Å². The molecule has 3 aromatic carbocycles. The summed E-state index contributed by atoms with van der Waals surface area (Å²) in [7, 11) is 0. The summed E-state index contributed by atoms with van der Waals surface area (Å²) in [6, 6.07) is 24.4. The maximum Gasteiger partial charge on any atom is 0.138 e. The average Bonchev–Trinajstić information content (AvgIpc) is 3.63. The lowest BCUT2D eigenvalue weighted by atomic mass is 10.0. The molecule has 0 saturated heterocycles. The van der Waals surface area contributed by atoms with Gasteiger partial charge in [0, 0.05) is 47.7 Å². The highest BCUT2D eigenvalue weighted by molar-refractivity contribution is 6.04. The number of hydrogen-bond acceptors (Lipinski definition) is 6. The van der Waals surface area contributed by atoms with Crippen LogP contribution in [-0.4, -0.2) is 39.0 Å².